The van der Waals surface area contributed by atoms with Crippen LogP contribution in [0.5, 0.6) is 0 Å². The minimum atomic E-state index is -1.06. The Labute approximate surface area is 47.6 Å². The zero-order valence-corrected chi connectivity index (χ0v) is 4.92. The van der Waals surface area contributed by atoms with Crippen LogP contribution in [0.2, 0.25) is 0 Å². The summed E-state index contributed by atoms with van der Waals surface area (Å²) >= 11 is 0. The lowest BCUT2D eigenvalue weighted by Crippen LogP contribution is -2.27. The van der Waals surface area contributed by atoms with Gasteiger partial charge in [-0.25, -0.2) is 4.79 Å². The molecule has 1 N–H and O–H groups in total. The molecule has 0 saturated carbocycles. The van der Waals surface area contributed by atoms with Crippen LogP contribution < -0.4 is 0 Å². The zero-order valence-electron chi connectivity index (χ0n) is 4.92. The Hall–Kier alpha value is -0.770. The lowest BCUT2D eigenvalue weighted by Gasteiger charge is -2.11. The average molecular weight is 119 g/mol. The van der Waals surface area contributed by atoms with Crippen LogP contribution in [0.25, 0.3) is 0 Å². The lowest BCUT2D eigenvalue weighted by atomic mass is 10.7. The van der Waals surface area contributed by atoms with Gasteiger partial charge in [-0.3, -0.25) is 4.84 Å². The highest BCUT2D eigenvalue weighted by atomic mass is 16.7. The predicted molar refractivity (Wildman–Crippen MR) is 27.4 cm³/mol. The fourth-order valence-corrected chi connectivity index (χ4v) is 0.342. The Kier molecular flexibility index (Phi) is 2.95. The van der Waals surface area contributed by atoms with Crippen molar-refractivity contribution in [2.24, 2.45) is 0 Å². The molecule has 0 aliphatic carbocycles. The number of carboxylic acid groups (broad SMARTS) is 1. The first-order chi connectivity index (χ1) is 3.72. The van der Waals surface area contributed by atoms with Crippen molar-refractivity contribution >= 4 is 6.09 Å². The van der Waals surface area contributed by atoms with E-state index in [0.29, 0.717) is 6.54 Å². The maximum Gasteiger partial charge on any atom is 0.431 e. The van der Waals surface area contributed by atoms with E-state index in [-0.39, 0.29) is 0 Å². The number of hydroxylamine groups is 2. The van der Waals surface area contributed by atoms with Crippen LogP contribution in [0.1, 0.15) is 6.92 Å². The first-order valence-electron chi connectivity index (χ1n) is 2.27. The highest BCUT2D eigenvalue weighted by Gasteiger charge is 2.04. The van der Waals surface area contributed by atoms with Crippen molar-refractivity contribution in [3.8, 4) is 0 Å². The van der Waals surface area contributed by atoms with E-state index in [9.17, 15) is 4.79 Å². The number of hydrogen-bond donors (Lipinski definition) is 1. The lowest BCUT2D eigenvalue weighted by molar-refractivity contribution is -0.0985. The van der Waals surface area contributed by atoms with Gasteiger partial charge in [0.05, 0.1) is 7.11 Å². The van der Waals surface area contributed by atoms with Gasteiger partial charge in [0.2, 0.25) is 0 Å². The van der Waals surface area contributed by atoms with Gasteiger partial charge in [0.25, 0.3) is 0 Å². The number of rotatable bonds is 2. The van der Waals surface area contributed by atoms with Crippen LogP contribution in [0, 0.1) is 0 Å². The number of nitrogens with zero attached hydrogens (tertiary/aromatic N) is 1. The minimum Gasteiger partial charge on any atom is -0.463 e. The molecule has 0 radical (unpaired) electrons. The first-order valence-corrected chi connectivity index (χ1v) is 2.27. The van der Waals surface area contributed by atoms with Gasteiger partial charge in [-0.1, -0.05) is 0 Å². The molecule has 0 atom stereocenters. The van der Waals surface area contributed by atoms with Gasteiger partial charge >= 0.3 is 6.09 Å². The Bertz CT molecular complexity index is 79.4. The van der Waals surface area contributed by atoms with E-state index in [1.807, 2.05) is 0 Å². The van der Waals surface area contributed by atoms with Crippen molar-refractivity contribution in [3.05, 3.63) is 0 Å². The molecule has 48 valence electrons. The molecule has 0 spiro atoms. The molecule has 0 fully saturated rings. The maximum atomic E-state index is 9.96. The van der Waals surface area contributed by atoms with E-state index in [2.05, 4.69) is 4.84 Å². The van der Waals surface area contributed by atoms with E-state index in [1.54, 1.807) is 6.92 Å². The van der Waals surface area contributed by atoms with E-state index in [0.717, 1.165) is 5.06 Å². The second-order valence-corrected chi connectivity index (χ2v) is 1.16. The highest BCUT2D eigenvalue weighted by molar-refractivity contribution is 5.63. The van der Waals surface area contributed by atoms with Crippen molar-refractivity contribution in [1.82, 2.24) is 5.06 Å². The summed E-state index contributed by atoms with van der Waals surface area (Å²) in [6.45, 7) is 2.05. The predicted octanol–water partition coefficient (Wildman–Crippen LogP) is 0.548. The molecule has 0 bridgehead atoms. The third kappa shape index (κ3) is 1.79. The van der Waals surface area contributed by atoms with Gasteiger partial charge in [-0.15, -0.1) is 0 Å². The van der Waals surface area contributed by atoms with Crippen LogP contribution in [-0.4, -0.2) is 29.9 Å². The highest BCUT2D eigenvalue weighted by Crippen LogP contribution is 1.85. The first kappa shape index (κ1) is 7.23. The summed E-state index contributed by atoms with van der Waals surface area (Å²) in [6, 6.07) is 0. The molecule has 4 heteroatoms. The fraction of sp³-hybridized carbons (Fsp3) is 0.750. The summed E-state index contributed by atoms with van der Waals surface area (Å²) in [5.41, 5.74) is 0. The largest absolute Gasteiger partial charge is 0.463 e. The molecule has 0 aliphatic rings. The molecule has 1 amide bonds. The molecule has 0 aromatic heterocycles. The second-order valence-electron chi connectivity index (χ2n) is 1.16. The van der Waals surface area contributed by atoms with Crippen molar-refractivity contribution < 1.29 is 14.7 Å². The van der Waals surface area contributed by atoms with Crippen molar-refractivity contribution in [2.75, 3.05) is 13.7 Å². The van der Waals surface area contributed by atoms with Crippen LogP contribution in [0.3, 0.4) is 0 Å². The molecule has 0 aromatic carbocycles. The molecule has 0 unspecified atom stereocenters. The monoisotopic (exact) mass is 119 g/mol. The Morgan fingerprint density at radius 2 is 2.38 bits per heavy atom. The molecule has 0 aromatic rings. The van der Waals surface area contributed by atoms with E-state index in [1.165, 1.54) is 7.11 Å². The Morgan fingerprint density at radius 3 is 2.38 bits per heavy atom. The molecule has 0 heterocycles. The third-order valence-electron chi connectivity index (χ3n) is 0.721. The van der Waals surface area contributed by atoms with Gasteiger partial charge < -0.3 is 5.11 Å². The summed E-state index contributed by atoms with van der Waals surface area (Å²) in [5.74, 6) is 0. The van der Waals surface area contributed by atoms with Gasteiger partial charge in [-0.05, 0) is 6.92 Å². The van der Waals surface area contributed by atoms with Crippen LogP contribution in [0.15, 0.2) is 0 Å². The normalized spacial score (nSPS) is 8.75. The average Bonchev–Trinajstić information content (AvgIpc) is 1.69. The summed E-state index contributed by atoms with van der Waals surface area (Å²) in [5, 5.41) is 9.01. The maximum absolute atomic E-state index is 9.96. The Balaban J connectivity index is 3.52. The Morgan fingerprint density at radius 1 is 1.88 bits per heavy atom. The molecule has 0 saturated heterocycles. The molecular weight excluding hydrogens is 110 g/mol. The third-order valence-corrected chi connectivity index (χ3v) is 0.721. The quantitative estimate of drug-likeness (QED) is 0.540. The number of hydrogen-bond acceptors (Lipinski definition) is 2. The molecule has 0 rings (SSSR count). The summed E-state index contributed by atoms with van der Waals surface area (Å²) in [7, 11) is 1.32. The van der Waals surface area contributed by atoms with Crippen LogP contribution >= 0.6 is 0 Å². The summed E-state index contributed by atoms with van der Waals surface area (Å²) in [6.07, 6.45) is -1.06. The minimum absolute atomic E-state index is 0.353. The number of carbonyl (C=O) groups is 1. The molecular formula is C4H9NO3. The topological polar surface area (TPSA) is 49.8 Å². The van der Waals surface area contributed by atoms with Crippen LogP contribution in [0.4, 0.5) is 4.79 Å². The molecule has 4 nitrogen and oxygen atoms in total. The number of amides is 1. The fourth-order valence-electron chi connectivity index (χ4n) is 0.342. The van der Waals surface area contributed by atoms with Gasteiger partial charge in [-0.2, -0.15) is 5.06 Å². The smallest absolute Gasteiger partial charge is 0.431 e. The van der Waals surface area contributed by atoms with Crippen LogP contribution in [-0.2, 0) is 4.84 Å². The molecule has 8 heavy (non-hydrogen) atoms. The van der Waals surface area contributed by atoms with Crippen molar-refractivity contribution in [2.45, 2.75) is 6.92 Å². The SMILES string of the molecule is CCN(OC)C(=O)O. The summed E-state index contributed by atoms with van der Waals surface area (Å²) in [4.78, 5) is 14.4. The van der Waals surface area contributed by atoms with Gasteiger partial charge in [0.1, 0.15) is 0 Å². The van der Waals surface area contributed by atoms with E-state index < -0.39 is 6.09 Å². The van der Waals surface area contributed by atoms with Crippen molar-refractivity contribution in [3.63, 3.8) is 0 Å². The van der Waals surface area contributed by atoms with Gasteiger partial charge in [0, 0.05) is 6.54 Å². The standard InChI is InChI=1S/C4H9NO3/c1-3-5(8-2)4(6)7/h3H2,1-2H3,(H,6,7). The van der Waals surface area contributed by atoms with Crippen molar-refractivity contribution in [1.29, 1.82) is 0 Å². The summed E-state index contributed by atoms with van der Waals surface area (Å²) < 4.78 is 0. The van der Waals surface area contributed by atoms with Gasteiger partial charge in [0.15, 0.2) is 0 Å². The zero-order chi connectivity index (χ0) is 6.57. The molecule has 0 aliphatic heterocycles. The van der Waals surface area contributed by atoms with E-state index >= 15 is 0 Å². The van der Waals surface area contributed by atoms with E-state index in [4.69, 9.17) is 5.11 Å². The second kappa shape index (κ2) is 3.26.